The van der Waals surface area contributed by atoms with Gasteiger partial charge in [0.15, 0.2) is 5.78 Å². The summed E-state index contributed by atoms with van der Waals surface area (Å²) in [7, 11) is 0. The average Bonchev–Trinajstić information content (AvgIpc) is 3.54. The Balaban J connectivity index is 1.45. The summed E-state index contributed by atoms with van der Waals surface area (Å²) < 4.78 is 21.7. The highest BCUT2D eigenvalue weighted by Crippen LogP contribution is 2.44. The summed E-state index contributed by atoms with van der Waals surface area (Å²) in [6, 6.07) is 6.17. The Kier molecular flexibility index (Phi) is 6.98. The molecular formula is C27H31FN4O4. The van der Waals surface area contributed by atoms with Crippen molar-refractivity contribution < 1.29 is 23.5 Å². The Labute approximate surface area is 210 Å². The van der Waals surface area contributed by atoms with Crippen LogP contribution in [0, 0.1) is 29.0 Å². The number of likely N-dealkylation sites (tertiary alicyclic amines) is 1. The van der Waals surface area contributed by atoms with E-state index in [4.69, 9.17) is 4.74 Å². The van der Waals surface area contributed by atoms with Crippen molar-refractivity contribution >= 4 is 17.8 Å². The minimum absolute atomic E-state index is 0.0170. The molecule has 0 spiro atoms. The lowest BCUT2D eigenvalue weighted by molar-refractivity contribution is -0.126. The Morgan fingerprint density at radius 1 is 1.25 bits per heavy atom. The first-order chi connectivity index (χ1) is 17.0. The van der Waals surface area contributed by atoms with Crippen molar-refractivity contribution in [3.8, 4) is 17.2 Å². The summed E-state index contributed by atoms with van der Waals surface area (Å²) in [5.74, 6) is -1.57. The smallest absolute Gasteiger partial charge is 0.411 e. The Hall–Kier alpha value is -3.54. The van der Waals surface area contributed by atoms with Crippen LogP contribution >= 0.6 is 0 Å². The molecule has 1 aromatic carbocycles. The number of aromatic nitrogens is 2. The summed E-state index contributed by atoms with van der Waals surface area (Å²) in [5.41, 5.74) is 0.814. The maximum Gasteiger partial charge on any atom is 0.411 e. The zero-order chi connectivity index (χ0) is 26.2. The fraction of sp³-hybridized carbons (Fsp3) is 0.519. The summed E-state index contributed by atoms with van der Waals surface area (Å²) >= 11 is 0. The van der Waals surface area contributed by atoms with Crippen LogP contribution in [0.5, 0.6) is 0 Å². The molecule has 36 heavy (non-hydrogen) atoms. The number of piperidine rings is 1. The number of nitrogens with zero attached hydrogens (tertiary/aromatic N) is 4. The summed E-state index contributed by atoms with van der Waals surface area (Å²) in [6.45, 7) is 6.75. The number of fused-ring (bicyclic) bond motifs is 2. The Morgan fingerprint density at radius 3 is 2.61 bits per heavy atom. The molecule has 0 unspecified atom stereocenters. The van der Waals surface area contributed by atoms with Gasteiger partial charge in [0.05, 0.1) is 24.2 Å². The second-order valence-corrected chi connectivity index (χ2v) is 10.8. The molecule has 1 aliphatic heterocycles. The third-order valence-electron chi connectivity index (χ3n) is 6.91. The van der Waals surface area contributed by atoms with Crippen LogP contribution in [0.25, 0.3) is 11.1 Å². The van der Waals surface area contributed by atoms with Gasteiger partial charge in [0.2, 0.25) is 5.91 Å². The van der Waals surface area contributed by atoms with Crippen molar-refractivity contribution in [3.05, 3.63) is 42.0 Å². The second kappa shape index (κ2) is 9.84. The summed E-state index contributed by atoms with van der Waals surface area (Å²) in [6.07, 6.45) is 5.02. The highest BCUT2D eigenvalue weighted by molar-refractivity contribution is 5.89. The maximum absolute atomic E-state index is 14.9. The van der Waals surface area contributed by atoms with Crippen LogP contribution in [-0.2, 0) is 16.0 Å². The maximum atomic E-state index is 14.9. The number of ether oxygens (including phenoxy) is 1. The summed E-state index contributed by atoms with van der Waals surface area (Å²) in [5, 5.41) is 13.7. The highest BCUT2D eigenvalue weighted by atomic mass is 19.1. The van der Waals surface area contributed by atoms with E-state index in [-0.39, 0.29) is 36.5 Å². The monoisotopic (exact) mass is 494 g/mol. The lowest BCUT2D eigenvalue weighted by atomic mass is 9.87. The predicted octanol–water partition coefficient (Wildman–Crippen LogP) is 4.78. The van der Waals surface area contributed by atoms with E-state index in [0.29, 0.717) is 16.7 Å². The fourth-order valence-electron chi connectivity index (χ4n) is 5.31. The van der Waals surface area contributed by atoms with E-state index in [2.05, 4.69) is 11.2 Å². The lowest BCUT2D eigenvalue weighted by Gasteiger charge is -2.35. The molecule has 190 valence electrons. The van der Waals surface area contributed by atoms with E-state index in [1.165, 1.54) is 30.1 Å². The van der Waals surface area contributed by atoms with E-state index >= 15 is 0 Å². The molecule has 2 heterocycles. The molecule has 2 fully saturated rings. The number of ketones is 1. The number of benzene rings is 1. The zero-order valence-corrected chi connectivity index (χ0v) is 21.0. The van der Waals surface area contributed by atoms with Gasteiger partial charge < -0.3 is 4.74 Å². The molecule has 1 amide bonds. The van der Waals surface area contributed by atoms with Crippen LogP contribution in [0.15, 0.2) is 30.6 Å². The van der Waals surface area contributed by atoms with Gasteiger partial charge in [-0.3, -0.25) is 14.5 Å². The third kappa shape index (κ3) is 5.32. The minimum atomic E-state index is -0.724. The van der Waals surface area contributed by atoms with E-state index in [0.717, 1.165) is 19.3 Å². The van der Waals surface area contributed by atoms with Gasteiger partial charge in [-0.15, -0.1) is 0 Å². The van der Waals surface area contributed by atoms with E-state index in [1.54, 1.807) is 37.8 Å². The van der Waals surface area contributed by atoms with Gasteiger partial charge in [0.25, 0.3) is 0 Å². The van der Waals surface area contributed by atoms with Gasteiger partial charge in [-0.05, 0) is 69.6 Å². The van der Waals surface area contributed by atoms with Crippen LogP contribution in [0.3, 0.4) is 0 Å². The highest BCUT2D eigenvalue weighted by Gasteiger charge is 2.52. The van der Waals surface area contributed by atoms with E-state index in [9.17, 15) is 24.0 Å². The molecule has 0 radical (unpaired) electrons. The molecule has 2 aliphatic rings. The molecule has 4 atom stereocenters. The number of carbonyl (C=O) groups excluding carboxylic acids is 3. The van der Waals surface area contributed by atoms with Gasteiger partial charge in [0.1, 0.15) is 11.4 Å². The molecular weight excluding hydrogens is 463 g/mol. The fourth-order valence-corrected chi connectivity index (χ4v) is 5.31. The SMILES string of the molecule is CC(=O)n1cc(-c2ccc(C[C@@H](C#N)CC(=O)[C@@H]3[C@H]4CC[C@H](C4)N3C(=O)OC(C)(C)C)c(F)c2)cn1. The first-order valence-electron chi connectivity index (χ1n) is 12.2. The van der Waals surface area contributed by atoms with Crippen LogP contribution in [0.4, 0.5) is 9.18 Å². The van der Waals surface area contributed by atoms with Crippen LogP contribution < -0.4 is 0 Å². The minimum Gasteiger partial charge on any atom is -0.444 e. The Morgan fingerprint density at radius 2 is 2.00 bits per heavy atom. The number of halogens is 1. The molecule has 8 nitrogen and oxygen atoms in total. The first kappa shape index (κ1) is 25.5. The molecule has 0 N–H and O–H groups in total. The number of rotatable bonds is 6. The van der Waals surface area contributed by atoms with Gasteiger partial charge in [-0.1, -0.05) is 12.1 Å². The molecule has 1 saturated carbocycles. The summed E-state index contributed by atoms with van der Waals surface area (Å²) in [4.78, 5) is 39.2. The lowest BCUT2D eigenvalue weighted by Crippen LogP contribution is -2.51. The van der Waals surface area contributed by atoms with Crippen LogP contribution in [-0.4, -0.2) is 50.1 Å². The van der Waals surface area contributed by atoms with E-state index < -0.39 is 29.5 Å². The molecule has 1 aliphatic carbocycles. The zero-order valence-electron chi connectivity index (χ0n) is 21.0. The number of hydrogen-bond acceptors (Lipinski definition) is 6. The number of Topliss-reactive ketones (excluding diaryl/α,β-unsaturated/α-hetero) is 1. The molecule has 1 saturated heterocycles. The quantitative estimate of drug-likeness (QED) is 0.572. The second-order valence-electron chi connectivity index (χ2n) is 10.8. The van der Waals surface area contributed by atoms with Gasteiger partial charge in [0, 0.05) is 31.1 Å². The van der Waals surface area contributed by atoms with Crippen molar-refractivity contribution in [3.63, 3.8) is 0 Å². The number of hydrogen-bond donors (Lipinski definition) is 0. The predicted molar refractivity (Wildman–Crippen MR) is 129 cm³/mol. The van der Waals surface area contributed by atoms with Crippen molar-refractivity contribution in [2.45, 2.75) is 77.5 Å². The molecule has 2 bridgehead atoms. The molecule has 9 heteroatoms. The van der Waals surface area contributed by atoms with Gasteiger partial charge in [-0.25, -0.2) is 13.9 Å². The van der Waals surface area contributed by atoms with Crippen molar-refractivity contribution in [2.75, 3.05) is 0 Å². The van der Waals surface area contributed by atoms with E-state index in [1.807, 2.05) is 0 Å². The number of carbonyl (C=O) groups is 3. The molecule has 1 aromatic heterocycles. The van der Waals surface area contributed by atoms with Crippen molar-refractivity contribution in [1.82, 2.24) is 14.7 Å². The van der Waals surface area contributed by atoms with Crippen LogP contribution in [0.2, 0.25) is 0 Å². The van der Waals surface area contributed by atoms with Crippen molar-refractivity contribution in [1.29, 1.82) is 5.26 Å². The average molecular weight is 495 g/mol. The first-order valence-corrected chi connectivity index (χ1v) is 12.2. The third-order valence-corrected chi connectivity index (χ3v) is 6.91. The van der Waals surface area contributed by atoms with Gasteiger partial charge >= 0.3 is 6.09 Å². The number of nitriles is 1. The van der Waals surface area contributed by atoms with Crippen molar-refractivity contribution in [2.24, 2.45) is 11.8 Å². The van der Waals surface area contributed by atoms with Gasteiger partial charge in [-0.2, -0.15) is 10.4 Å². The normalized spacial score (nSPS) is 21.8. The largest absolute Gasteiger partial charge is 0.444 e. The standard InChI is InChI=1S/C27H31FN4O4/c1-16(33)31-15-21(14-30-31)18-5-6-19(23(28)12-18)9-17(13-29)10-24(34)25-20-7-8-22(11-20)32(25)26(35)36-27(2,3)4/h5-6,12,14-15,17,20,22,25H,7-11H2,1-4H3/t17-,20+,22-,25+/m1/s1. The number of amides is 1. The molecule has 2 aromatic rings. The topological polar surface area (TPSA) is 105 Å². The van der Waals surface area contributed by atoms with Crippen LogP contribution in [0.1, 0.15) is 63.7 Å². The Bertz CT molecular complexity index is 1230. The molecule has 4 rings (SSSR count).